The number of carboxylic acid groups (broad SMARTS) is 1. The molecule has 0 fully saturated rings. The second-order valence-corrected chi connectivity index (χ2v) is 4.39. The van der Waals surface area contributed by atoms with Crippen LogP contribution in [-0.4, -0.2) is 35.7 Å². The van der Waals surface area contributed by atoms with Gasteiger partial charge in [-0.2, -0.15) is 0 Å². The van der Waals surface area contributed by atoms with Crippen molar-refractivity contribution in [3.8, 4) is 0 Å². The zero-order chi connectivity index (χ0) is 12.9. The van der Waals surface area contributed by atoms with Gasteiger partial charge in [0.15, 0.2) is 0 Å². The molecule has 2 N–H and O–H groups in total. The van der Waals surface area contributed by atoms with Crippen LogP contribution < -0.4 is 5.32 Å². The lowest BCUT2D eigenvalue weighted by Gasteiger charge is -2.26. The lowest BCUT2D eigenvalue weighted by molar-refractivity contribution is -0.148. The minimum Gasteiger partial charge on any atom is -0.480 e. The normalized spacial score (nSPS) is 15.3. The first-order valence-corrected chi connectivity index (χ1v) is 5.35. The predicted octanol–water partition coefficient (Wildman–Crippen LogP) is 1.03. The Morgan fingerprint density at radius 3 is 2.25 bits per heavy atom. The smallest absolute Gasteiger partial charge is 0.326 e. The molecule has 0 aliphatic rings. The molecule has 0 aliphatic heterocycles. The van der Waals surface area contributed by atoms with Gasteiger partial charge in [-0.05, 0) is 19.8 Å². The van der Waals surface area contributed by atoms with Crippen LogP contribution in [0.2, 0.25) is 0 Å². The predicted molar refractivity (Wildman–Crippen MR) is 60.1 cm³/mol. The van der Waals surface area contributed by atoms with Crippen molar-refractivity contribution in [2.45, 2.75) is 45.8 Å². The molecule has 0 aromatic rings. The number of nitrogens with one attached hydrogen (secondary N) is 1. The van der Waals surface area contributed by atoms with E-state index in [9.17, 15) is 9.59 Å². The second-order valence-electron chi connectivity index (χ2n) is 4.39. The molecule has 2 atom stereocenters. The standard InChI is InChI=1S/C11H21NO4/c1-6-7(2)8(9(13)14)12-10(15)11(3,4)16-5/h7-8H,6H2,1-5H3,(H,12,15)(H,13,14). The van der Waals surface area contributed by atoms with Crippen LogP contribution >= 0.6 is 0 Å². The van der Waals surface area contributed by atoms with E-state index in [1.54, 1.807) is 20.8 Å². The van der Waals surface area contributed by atoms with Crippen molar-refractivity contribution in [1.82, 2.24) is 5.32 Å². The number of ether oxygens (including phenoxy) is 1. The Labute approximate surface area is 96.2 Å². The van der Waals surface area contributed by atoms with Crippen LogP contribution in [0.15, 0.2) is 0 Å². The van der Waals surface area contributed by atoms with E-state index < -0.39 is 23.5 Å². The highest BCUT2D eigenvalue weighted by Gasteiger charge is 2.33. The summed E-state index contributed by atoms with van der Waals surface area (Å²) in [5.74, 6) is -1.55. The van der Waals surface area contributed by atoms with E-state index in [0.717, 1.165) is 0 Å². The first-order valence-electron chi connectivity index (χ1n) is 5.35. The summed E-state index contributed by atoms with van der Waals surface area (Å²) in [6.45, 7) is 6.86. The number of carbonyl (C=O) groups is 2. The molecule has 0 saturated heterocycles. The molecule has 0 heterocycles. The van der Waals surface area contributed by atoms with Crippen LogP contribution in [-0.2, 0) is 14.3 Å². The second kappa shape index (κ2) is 5.84. The fourth-order valence-corrected chi connectivity index (χ4v) is 1.09. The Hall–Kier alpha value is -1.10. The Bertz CT molecular complexity index is 263. The van der Waals surface area contributed by atoms with Crippen molar-refractivity contribution in [2.24, 2.45) is 5.92 Å². The summed E-state index contributed by atoms with van der Waals surface area (Å²) in [4.78, 5) is 22.7. The van der Waals surface area contributed by atoms with Gasteiger partial charge in [0.25, 0.3) is 5.91 Å². The average molecular weight is 231 g/mol. The molecule has 0 saturated carbocycles. The SMILES string of the molecule is CCC(C)C(NC(=O)C(C)(C)OC)C(=O)O. The van der Waals surface area contributed by atoms with Crippen LogP contribution in [0.3, 0.4) is 0 Å². The summed E-state index contributed by atoms with van der Waals surface area (Å²) in [5.41, 5.74) is -1.01. The van der Waals surface area contributed by atoms with Crippen molar-refractivity contribution in [3.05, 3.63) is 0 Å². The van der Waals surface area contributed by atoms with Crippen LogP contribution in [0.25, 0.3) is 0 Å². The molecule has 2 unspecified atom stereocenters. The molecular weight excluding hydrogens is 210 g/mol. The van der Waals surface area contributed by atoms with Gasteiger partial charge in [-0.1, -0.05) is 20.3 Å². The van der Waals surface area contributed by atoms with E-state index in [1.807, 2.05) is 6.92 Å². The summed E-state index contributed by atoms with van der Waals surface area (Å²) in [7, 11) is 1.42. The van der Waals surface area contributed by atoms with Gasteiger partial charge in [-0.3, -0.25) is 4.79 Å². The van der Waals surface area contributed by atoms with E-state index in [1.165, 1.54) is 7.11 Å². The van der Waals surface area contributed by atoms with Gasteiger partial charge in [0.2, 0.25) is 0 Å². The largest absolute Gasteiger partial charge is 0.480 e. The first kappa shape index (κ1) is 14.9. The maximum absolute atomic E-state index is 11.7. The number of amides is 1. The van der Waals surface area contributed by atoms with Gasteiger partial charge < -0.3 is 15.2 Å². The zero-order valence-electron chi connectivity index (χ0n) is 10.5. The first-order chi connectivity index (χ1) is 7.26. The summed E-state index contributed by atoms with van der Waals surface area (Å²) in [6, 6.07) is -0.869. The maximum atomic E-state index is 11.7. The lowest BCUT2D eigenvalue weighted by Crippen LogP contribution is -2.52. The van der Waals surface area contributed by atoms with Crippen molar-refractivity contribution in [1.29, 1.82) is 0 Å². The summed E-state index contributed by atoms with van der Waals surface area (Å²) < 4.78 is 4.99. The number of carbonyl (C=O) groups excluding carboxylic acids is 1. The third kappa shape index (κ3) is 3.81. The van der Waals surface area contributed by atoms with E-state index in [-0.39, 0.29) is 5.92 Å². The Morgan fingerprint density at radius 2 is 1.94 bits per heavy atom. The average Bonchev–Trinajstić information content (AvgIpc) is 2.23. The van der Waals surface area contributed by atoms with Gasteiger partial charge in [-0.25, -0.2) is 4.79 Å². The molecule has 0 radical (unpaired) electrons. The van der Waals surface area contributed by atoms with Crippen LogP contribution in [0.5, 0.6) is 0 Å². The van der Waals surface area contributed by atoms with Gasteiger partial charge in [0, 0.05) is 7.11 Å². The summed E-state index contributed by atoms with van der Waals surface area (Å²) >= 11 is 0. The quantitative estimate of drug-likeness (QED) is 0.715. The van der Waals surface area contributed by atoms with Crippen molar-refractivity contribution in [2.75, 3.05) is 7.11 Å². The van der Waals surface area contributed by atoms with Gasteiger partial charge in [-0.15, -0.1) is 0 Å². The Kier molecular flexibility index (Phi) is 5.44. The molecule has 0 aromatic heterocycles. The van der Waals surface area contributed by atoms with Gasteiger partial charge in [0.1, 0.15) is 11.6 Å². The molecule has 0 aliphatic carbocycles. The van der Waals surface area contributed by atoms with Crippen molar-refractivity contribution >= 4 is 11.9 Å². The molecule has 0 aromatic carbocycles. The number of rotatable bonds is 6. The molecule has 5 heteroatoms. The molecule has 0 spiro atoms. The van der Waals surface area contributed by atoms with Crippen LogP contribution in [0.4, 0.5) is 0 Å². The third-order valence-electron chi connectivity index (χ3n) is 2.82. The zero-order valence-corrected chi connectivity index (χ0v) is 10.5. The van der Waals surface area contributed by atoms with E-state index in [4.69, 9.17) is 9.84 Å². The number of methoxy groups -OCH3 is 1. The highest BCUT2D eigenvalue weighted by Crippen LogP contribution is 2.12. The minimum atomic E-state index is -1.02. The number of aliphatic carboxylic acids is 1. The van der Waals surface area contributed by atoms with E-state index in [0.29, 0.717) is 6.42 Å². The summed E-state index contributed by atoms with van der Waals surface area (Å²) in [6.07, 6.45) is 0.685. The number of hydrogen-bond acceptors (Lipinski definition) is 3. The van der Waals surface area contributed by atoms with E-state index in [2.05, 4.69) is 5.32 Å². The molecule has 5 nitrogen and oxygen atoms in total. The topological polar surface area (TPSA) is 75.6 Å². The van der Waals surface area contributed by atoms with Crippen LogP contribution in [0, 0.1) is 5.92 Å². The van der Waals surface area contributed by atoms with Crippen LogP contribution in [0.1, 0.15) is 34.1 Å². The highest BCUT2D eigenvalue weighted by atomic mass is 16.5. The molecule has 16 heavy (non-hydrogen) atoms. The number of carboxylic acids is 1. The third-order valence-corrected chi connectivity index (χ3v) is 2.82. The lowest BCUT2D eigenvalue weighted by atomic mass is 9.98. The molecule has 0 bridgehead atoms. The molecular formula is C11H21NO4. The van der Waals surface area contributed by atoms with E-state index >= 15 is 0 Å². The highest BCUT2D eigenvalue weighted by molar-refractivity contribution is 5.88. The monoisotopic (exact) mass is 231 g/mol. The van der Waals surface area contributed by atoms with Gasteiger partial charge in [0.05, 0.1) is 0 Å². The molecule has 0 rings (SSSR count). The maximum Gasteiger partial charge on any atom is 0.326 e. The Balaban J connectivity index is 4.65. The minimum absolute atomic E-state index is 0.117. The van der Waals surface area contributed by atoms with Crippen molar-refractivity contribution < 1.29 is 19.4 Å². The fourth-order valence-electron chi connectivity index (χ4n) is 1.09. The molecule has 1 amide bonds. The van der Waals surface area contributed by atoms with Gasteiger partial charge >= 0.3 is 5.97 Å². The Morgan fingerprint density at radius 1 is 1.44 bits per heavy atom. The summed E-state index contributed by atoms with van der Waals surface area (Å²) in [5, 5.41) is 11.5. The van der Waals surface area contributed by atoms with Crippen molar-refractivity contribution in [3.63, 3.8) is 0 Å². The fraction of sp³-hybridized carbons (Fsp3) is 0.818. The molecule has 94 valence electrons. The number of hydrogen-bond donors (Lipinski definition) is 2.